The molecular formula is C18H15N7S2. The van der Waals surface area contributed by atoms with E-state index < -0.39 is 0 Å². The molecule has 5 aromatic rings. The molecule has 0 aliphatic carbocycles. The number of fused-ring (bicyclic) bond motifs is 2. The lowest BCUT2D eigenvalue weighted by molar-refractivity contribution is 0.736. The van der Waals surface area contributed by atoms with Gasteiger partial charge >= 0.3 is 0 Å². The van der Waals surface area contributed by atoms with Crippen LogP contribution >= 0.6 is 23.1 Å². The fourth-order valence-corrected chi connectivity index (χ4v) is 4.45. The largest absolute Gasteiger partial charge is 0.251 e. The number of hydrogen-bond donors (Lipinski definition) is 0. The van der Waals surface area contributed by atoms with Crippen LogP contribution in [0.1, 0.15) is 5.69 Å². The standard InChI is InChI=1S/C18H15N7S2/c1-10-5-4-6-13(19-10)16-15(20-17-25(16)22-18(26-3)27-17)11-7-8-12-14(9-11)24(2)23-21-12/h4-9H,1-3H3. The maximum atomic E-state index is 4.89. The van der Waals surface area contributed by atoms with Gasteiger partial charge in [0.05, 0.1) is 11.2 Å². The first kappa shape index (κ1) is 16.4. The quantitative estimate of drug-likeness (QED) is 0.434. The number of nitrogens with zero attached hydrogens (tertiary/aromatic N) is 7. The van der Waals surface area contributed by atoms with Crippen molar-refractivity contribution in [3.8, 4) is 22.6 Å². The summed E-state index contributed by atoms with van der Waals surface area (Å²) in [5, 5.41) is 13.0. The summed E-state index contributed by atoms with van der Waals surface area (Å²) in [6, 6.07) is 12.1. The van der Waals surface area contributed by atoms with Gasteiger partial charge in [-0.05, 0) is 37.4 Å². The van der Waals surface area contributed by atoms with E-state index in [1.807, 2.05) is 55.1 Å². The fraction of sp³-hybridized carbons (Fsp3) is 0.167. The molecular weight excluding hydrogens is 378 g/mol. The van der Waals surface area contributed by atoms with Crippen LogP contribution in [0.2, 0.25) is 0 Å². The topological polar surface area (TPSA) is 73.8 Å². The van der Waals surface area contributed by atoms with Crippen molar-refractivity contribution in [2.75, 3.05) is 6.26 Å². The van der Waals surface area contributed by atoms with Crippen LogP contribution in [0.25, 0.3) is 38.6 Å². The zero-order chi connectivity index (χ0) is 18.5. The van der Waals surface area contributed by atoms with E-state index in [1.54, 1.807) is 27.8 Å². The minimum atomic E-state index is 0.857. The van der Waals surface area contributed by atoms with Crippen LogP contribution in [-0.4, -0.2) is 40.8 Å². The molecule has 4 heterocycles. The Hall–Kier alpha value is -2.78. The second kappa shape index (κ2) is 6.14. The third kappa shape index (κ3) is 2.62. The maximum absolute atomic E-state index is 4.89. The van der Waals surface area contributed by atoms with Crippen molar-refractivity contribution in [2.24, 2.45) is 7.05 Å². The summed E-state index contributed by atoms with van der Waals surface area (Å²) in [6.45, 7) is 1.99. The summed E-state index contributed by atoms with van der Waals surface area (Å²) in [5.41, 5.74) is 6.40. The molecule has 0 fully saturated rings. The van der Waals surface area contributed by atoms with Crippen LogP contribution in [0, 0.1) is 6.92 Å². The van der Waals surface area contributed by atoms with Crippen molar-refractivity contribution in [2.45, 2.75) is 11.3 Å². The predicted octanol–water partition coefficient (Wildman–Crippen LogP) is 3.83. The molecule has 0 atom stereocenters. The van der Waals surface area contributed by atoms with Gasteiger partial charge in [0.15, 0.2) is 4.34 Å². The normalized spacial score (nSPS) is 11.7. The fourth-order valence-electron chi connectivity index (χ4n) is 3.10. The van der Waals surface area contributed by atoms with E-state index in [2.05, 4.69) is 16.4 Å². The maximum Gasteiger partial charge on any atom is 0.214 e. The van der Waals surface area contributed by atoms with Gasteiger partial charge in [0.1, 0.15) is 16.9 Å². The smallest absolute Gasteiger partial charge is 0.214 e. The Kier molecular flexibility index (Phi) is 3.73. The summed E-state index contributed by atoms with van der Waals surface area (Å²) < 4.78 is 4.65. The highest BCUT2D eigenvalue weighted by Gasteiger charge is 2.21. The minimum Gasteiger partial charge on any atom is -0.251 e. The molecule has 0 saturated heterocycles. The van der Waals surface area contributed by atoms with Crippen molar-refractivity contribution in [1.82, 2.24) is 34.6 Å². The van der Waals surface area contributed by atoms with Gasteiger partial charge in [0.2, 0.25) is 4.96 Å². The first-order valence-electron chi connectivity index (χ1n) is 8.31. The molecule has 0 aliphatic heterocycles. The summed E-state index contributed by atoms with van der Waals surface area (Å²) in [6.07, 6.45) is 2.02. The van der Waals surface area contributed by atoms with Crippen molar-refractivity contribution >= 4 is 39.1 Å². The molecule has 134 valence electrons. The number of rotatable bonds is 3. The van der Waals surface area contributed by atoms with Crippen LogP contribution < -0.4 is 0 Å². The molecule has 7 nitrogen and oxygen atoms in total. The summed E-state index contributed by atoms with van der Waals surface area (Å²) >= 11 is 3.20. The number of pyridine rings is 1. The van der Waals surface area contributed by atoms with Gasteiger partial charge in [-0.25, -0.2) is 9.67 Å². The van der Waals surface area contributed by atoms with Crippen LogP contribution in [-0.2, 0) is 7.05 Å². The minimum absolute atomic E-state index is 0.857. The molecule has 0 amide bonds. The molecule has 9 heteroatoms. The molecule has 0 aliphatic rings. The van der Waals surface area contributed by atoms with Gasteiger partial charge in [-0.3, -0.25) is 4.98 Å². The lowest BCUT2D eigenvalue weighted by atomic mass is 10.1. The number of aryl methyl sites for hydroxylation is 2. The van der Waals surface area contributed by atoms with Gasteiger partial charge in [0, 0.05) is 18.3 Å². The molecule has 27 heavy (non-hydrogen) atoms. The number of hydrogen-bond acceptors (Lipinski definition) is 7. The lowest BCUT2D eigenvalue weighted by Crippen LogP contribution is -1.95. The van der Waals surface area contributed by atoms with Crippen molar-refractivity contribution in [1.29, 1.82) is 0 Å². The number of imidazole rings is 1. The first-order chi connectivity index (χ1) is 13.1. The van der Waals surface area contributed by atoms with Crippen LogP contribution in [0.4, 0.5) is 0 Å². The Balaban J connectivity index is 1.81. The molecule has 0 unspecified atom stereocenters. The average Bonchev–Trinajstić information content (AvgIpc) is 3.33. The zero-order valence-corrected chi connectivity index (χ0v) is 16.5. The molecule has 0 bridgehead atoms. The molecule has 0 spiro atoms. The second-order valence-corrected chi connectivity index (χ2v) is 8.17. The van der Waals surface area contributed by atoms with E-state index in [-0.39, 0.29) is 0 Å². The third-order valence-electron chi connectivity index (χ3n) is 4.37. The number of aromatic nitrogens is 7. The molecule has 0 radical (unpaired) electrons. The number of thioether (sulfide) groups is 1. The third-order valence-corrected chi connectivity index (χ3v) is 6.26. The molecule has 4 aromatic heterocycles. The SMILES string of the molecule is CSc1nn2c(-c3cccc(C)n3)c(-c3ccc4nnn(C)c4c3)nc2s1. The Morgan fingerprint density at radius 1 is 1.11 bits per heavy atom. The van der Waals surface area contributed by atoms with Gasteiger partial charge in [-0.1, -0.05) is 40.4 Å². The van der Waals surface area contributed by atoms with Gasteiger partial charge < -0.3 is 0 Å². The summed E-state index contributed by atoms with van der Waals surface area (Å²) in [5.74, 6) is 0. The van der Waals surface area contributed by atoms with Crippen molar-refractivity contribution in [3.63, 3.8) is 0 Å². The van der Waals surface area contributed by atoms with E-state index >= 15 is 0 Å². The van der Waals surface area contributed by atoms with Crippen LogP contribution in [0.3, 0.4) is 0 Å². The lowest BCUT2D eigenvalue weighted by Gasteiger charge is -2.05. The van der Waals surface area contributed by atoms with E-state index in [0.717, 1.165) is 48.7 Å². The van der Waals surface area contributed by atoms with Gasteiger partial charge in [-0.15, -0.1) is 10.2 Å². The van der Waals surface area contributed by atoms with Crippen LogP contribution in [0.15, 0.2) is 40.7 Å². The predicted molar refractivity (Wildman–Crippen MR) is 108 cm³/mol. The first-order valence-corrected chi connectivity index (χ1v) is 10.4. The molecule has 1 aromatic carbocycles. The van der Waals surface area contributed by atoms with Gasteiger partial charge in [0.25, 0.3) is 0 Å². The summed E-state index contributed by atoms with van der Waals surface area (Å²) in [4.78, 5) is 10.5. The average molecular weight is 394 g/mol. The zero-order valence-electron chi connectivity index (χ0n) is 14.9. The van der Waals surface area contributed by atoms with E-state index in [0.29, 0.717) is 0 Å². The van der Waals surface area contributed by atoms with E-state index in [4.69, 9.17) is 15.1 Å². The molecule has 0 saturated carbocycles. The highest BCUT2D eigenvalue weighted by Crippen LogP contribution is 2.35. The Bertz CT molecular complexity index is 1300. The van der Waals surface area contributed by atoms with Gasteiger partial charge in [-0.2, -0.15) is 4.52 Å². The molecule has 5 rings (SSSR count). The summed E-state index contributed by atoms with van der Waals surface area (Å²) in [7, 11) is 1.89. The second-order valence-electron chi connectivity index (χ2n) is 6.16. The Morgan fingerprint density at radius 3 is 2.81 bits per heavy atom. The van der Waals surface area contributed by atoms with E-state index in [9.17, 15) is 0 Å². The van der Waals surface area contributed by atoms with Crippen molar-refractivity contribution < 1.29 is 0 Å². The highest BCUT2D eigenvalue weighted by molar-refractivity contribution is 8.00. The highest BCUT2D eigenvalue weighted by atomic mass is 32.2. The monoisotopic (exact) mass is 393 g/mol. The van der Waals surface area contributed by atoms with E-state index in [1.165, 1.54) is 0 Å². The number of benzene rings is 1. The molecule has 0 N–H and O–H groups in total. The Labute approximate surface area is 163 Å². The Morgan fingerprint density at radius 2 is 2.00 bits per heavy atom. The van der Waals surface area contributed by atoms with Crippen molar-refractivity contribution in [3.05, 3.63) is 42.1 Å². The van der Waals surface area contributed by atoms with Crippen LogP contribution in [0.5, 0.6) is 0 Å².